The largest absolute Gasteiger partial charge is 0.344 e. The first-order valence-electron chi connectivity index (χ1n) is 6.81. The van der Waals surface area contributed by atoms with Crippen molar-refractivity contribution in [3.05, 3.63) is 59.7 Å². The Hall–Kier alpha value is -1.80. The van der Waals surface area contributed by atoms with E-state index in [0.29, 0.717) is 0 Å². The minimum absolute atomic E-state index is 0.882. The summed E-state index contributed by atoms with van der Waals surface area (Å²) in [7, 11) is 4.10. The number of nitrogens with one attached hydrogen (secondary N) is 1. The Morgan fingerprint density at radius 3 is 2.32 bits per heavy atom. The summed E-state index contributed by atoms with van der Waals surface area (Å²) in [5.41, 5.74) is 5.16. The molecule has 0 saturated carbocycles. The van der Waals surface area contributed by atoms with Gasteiger partial charge in [0.25, 0.3) is 0 Å². The van der Waals surface area contributed by atoms with Crippen molar-refractivity contribution in [2.75, 3.05) is 19.0 Å². The van der Waals surface area contributed by atoms with Gasteiger partial charge in [0.1, 0.15) is 0 Å². The SMILES string of the molecule is CCc1ccc(N(C)c2ccccc2CNC)cc1. The Labute approximate surface area is 116 Å². The number of anilines is 2. The van der Waals surface area contributed by atoms with Gasteiger partial charge in [-0.25, -0.2) is 0 Å². The lowest BCUT2D eigenvalue weighted by Crippen LogP contribution is -2.14. The first-order valence-corrected chi connectivity index (χ1v) is 6.81. The summed E-state index contributed by atoms with van der Waals surface area (Å²) in [6.07, 6.45) is 1.08. The molecule has 19 heavy (non-hydrogen) atoms. The fraction of sp³-hybridized carbons (Fsp3) is 0.294. The molecule has 0 bridgehead atoms. The minimum atomic E-state index is 0.882. The molecule has 0 spiro atoms. The first-order chi connectivity index (χ1) is 9.26. The molecule has 0 amide bonds. The van der Waals surface area contributed by atoms with Gasteiger partial charge in [-0.1, -0.05) is 37.3 Å². The van der Waals surface area contributed by atoms with Gasteiger partial charge in [-0.05, 0) is 42.8 Å². The molecule has 0 saturated heterocycles. The van der Waals surface area contributed by atoms with Crippen molar-refractivity contribution in [3.63, 3.8) is 0 Å². The zero-order valence-corrected chi connectivity index (χ0v) is 12.0. The van der Waals surface area contributed by atoms with Crippen molar-refractivity contribution >= 4 is 11.4 Å². The molecule has 1 N–H and O–H groups in total. The van der Waals surface area contributed by atoms with Crippen LogP contribution in [0.15, 0.2) is 48.5 Å². The van der Waals surface area contributed by atoms with Crippen molar-refractivity contribution in [2.24, 2.45) is 0 Å². The molecule has 2 heteroatoms. The van der Waals surface area contributed by atoms with Gasteiger partial charge in [0.15, 0.2) is 0 Å². The maximum atomic E-state index is 3.22. The molecule has 0 aromatic heterocycles. The Kier molecular flexibility index (Phi) is 4.58. The number of hydrogen-bond donors (Lipinski definition) is 1. The lowest BCUT2D eigenvalue weighted by molar-refractivity contribution is 0.816. The quantitative estimate of drug-likeness (QED) is 0.874. The van der Waals surface area contributed by atoms with E-state index in [2.05, 4.69) is 72.7 Å². The topological polar surface area (TPSA) is 15.3 Å². The van der Waals surface area contributed by atoms with Gasteiger partial charge in [-0.3, -0.25) is 0 Å². The smallest absolute Gasteiger partial charge is 0.0453 e. The molecule has 0 aliphatic heterocycles. The fourth-order valence-corrected chi connectivity index (χ4v) is 2.27. The summed E-state index contributed by atoms with van der Waals surface area (Å²) in [6, 6.07) is 17.3. The highest BCUT2D eigenvalue weighted by molar-refractivity contribution is 5.65. The van der Waals surface area contributed by atoms with Crippen LogP contribution in [0.3, 0.4) is 0 Å². The second-order valence-electron chi connectivity index (χ2n) is 4.74. The van der Waals surface area contributed by atoms with Gasteiger partial charge >= 0.3 is 0 Å². The van der Waals surface area contributed by atoms with Crippen molar-refractivity contribution in [3.8, 4) is 0 Å². The standard InChI is InChI=1S/C17H22N2/c1-4-14-9-11-16(12-10-14)19(3)17-8-6-5-7-15(17)13-18-2/h5-12,18H,4,13H2,1-3H3. The van der Waals surface area contributed by atoms with E-state index in [4.69, 9.17) is 0 Å². The van der Waals surface area contributed by atoms with Gasteiger partial charge < -0.3 is 10.2 Å². The predicted molar refractivity (Wildman–Crippen MR) is 83.1 cm³/mol. The van der Waals surface area contributed by atoms with Crippen molar-refractivity contribution in [1.29, 1.82) is 0 Å². The van der Waals surface area contributed by atoms with E-state index in [-0.39, 0.29) is 0 Å². The molecule has 0 aliphatic carbocycles. The maximum Gasteiger partial charge on any atom is 0.0453 e. The Morgan fingerprint density at radius 1 is 1.00 bits per heavy atom. The van der Waals surface area contributed by atoms with Crippen LogP contribution in [-0.4, -0.2) is 14.1 Å². The zero-order chi connectivity index (χ0) is 13.7. The maximum absolute atomic E-state index is 3.22. The summed E-state index contributed by atoms with van der Waals surface area (Å²) in [6.45, 7) is 3.06. The minimum Gasteiger partial charge on any atom is -0.344 e. The number of rotatable bonds is 5. The van der Waals surface area contributed by atoms with Crippen LogP contribution in [-0.2, 0) is 13.0 Å². The van der Waals surface area contributed by atoms with Crippen molar-refractivity contribution in [2.45, 2.75) is 19.9 Å². The molecule has 0 radical (unpaired) electrons. The first kappa shape index (κ1) is 13.6. The van der Waals surface area contributed by atoms with E-state index in [1.807, 2.05) is 7.05 Å². The third kappa shape index (κ3) is 3.15. The summed E-state index contributed by atoms with van der Waals surface area (Å²) in [5, 5.41) is 3.22. The van der Waals surface area contributed by atoms with Crippen LogP contribution in [0.1, 0.15) is 18.1 Å². The summed E-state index contributed by atoms with van der Waals surface area (Å²) in [5.74, 6) is 0. The van der Waals surface area contributed by atoms with E-state index in [1.165, 1.54) is 22.5 Å². The summed E-state index contributed by atoms with van der Waals surface area (Å²) < 4.78 is 0. The third-order valence-corrected chi connectivity index (χ3v) is 3.45. The van der Waals surface area contributed by atoms with Gasteiger partial charge in [-0.15, -0.1) is 0 Å². The summed E-state index contributed by atoms with van der Waals surface area (Å²) >= 11 is 0. The molecule has 2 nitrogen and oxygen atoms in total. The second kappa shape index (κ2) is 6.39. The van der Waals surface area contributed by atoms with Gasteiger partial charge in [-0.2, -0.15) is 0 Å². The van der Waals surface area contributed by atoms with Crippen molar-refractivity contribution < 1.29 is 0 Å². The van der Waals surface area contributed by atoms with Crippen molar-refractivity contribution in [1.82, 2.24) is 5.32 Å². The number of aryl methyl sites for hydroxylation is 1. The Morgan fingerprint density at radius 2 is 1.68 bits per heavy atom. The summed E-state index contributed by atoms with van der Waals surface area (Å²) in [4.78, 5) is 2.24. The Bertz CT molecular complexity index is 517. The molecular weight excluding hydrogens is 232 g/mol. The molecule has 0 unspecified atom stereocenters. The molecule has 0 aliphatic rings. The molecule has 2 rings (SSSR count). The molecular formula is C17H22N2. The number of benzene rings is 2. The molecule has 0 fully saturated rings. The second-order valence-corrected chi connectivity index (χ2v) is 4.74. The van der Waals surface area contributed by atoms with Crippen LogP contribution in [0.4, 0.5) is 11.4 Å². The van der Waals surface area contributed by atoms with Crippen LogP contribution < -0.4 is 10.2 Å². The van der Waals surface area contributed by atoms with E-state index >= 15 is 0 Å². The average molecular weight is 254 g/mol. The third-order valence-electron chi connectivity index (χ3n) is 3.45. The highest BCUT2D eigenvalue weighted by Gasteiger charge is 2.08. The molecule has 2 aromatic carbocycles. The molecule has 0 heterocycles. The van der Waals surface area contributed by atoms with E-state index in [0.717, 1.165) is 13.0 Å². The number of hydrogen-bond acceptors (Lipinski definition) is 2. The predicted octanol–water partition coefficient (Wildman–Crippen LogP) is 3.74. The lowest BCUT2D eigenvalue weighted by Gasteiger charge is -2.23. The van der Waals surface area contributed by atoms with Crippen LogP contribution in [0.25, 0.3) is 0 Å². The Balaban J connectivity index is 2.29. The van der Waals surface area contributed by atoms with E-state index < -0.39 is 0 Å². The highest BCUT2D eigenvalue weighted by atomic mass is 15.1. The lowest BCUT2D eigenvalue weighted by atomic mass is 10.1. The molecule has 100 valence electrons. The number of nitrogens with zero attached hydrogens (tertiary/aromatic N) is 1. The van der Waals surface area contributed by atoms with Crippen LogP contribution in [0.2, 0.25) is 0 Å². The van der Waals surface area contributed by atoms with Crippen LogP contribution in [0, 0.1) is 0 Å². The number of para-hydroxylation sites is 1. The van der Waals surface area contributed by atoms with E-state index in [1.54, 1.807) is 0 Å². The molecule has 0 atom stereocenters. The van der Waals surface area contributed by atoms with Crippen LogP contribution in [0.5, 0.6) is 0 Å². The van der Waals surface area contributed by atoms with Gasteiger partial charge in [0, 0.05) is 25.0 Å². The zero-order valence-electron chi connectivity index (χ0n) is 12.0. The molecule has 2 aromatic rings. The monoisotopic (exact) mass is 254 g/mol. The van der Waals surface area contributed by atoms with Crippen LogP contribution >= 0.6 is 0 Å². The highest BCUT2D eigenvalue weighted by Crippen LogP contribution is 2.27. The average Bonchev–Trinajstić information content (AvgIpc) is 2.47. The van der Waals surface area contributed by atoms with Gasteiger partial charge in [0.2, 0.25) is 0 Å². The van der Waals surface area contributed by atoms with Gasteiger partial charge in [0.05, 0.1) is 0 Å². The van der Waals surface area contributed by atoms with E-state index in [9.17, 15) is 0 Å². The normalized spacial score (nSPS) is 10.5. The fourth-order valence-electron chi connectivity index (χ4n) is 2.27.